The standard InChI is InChI=1S/C16H17F2N/c1-12(14-7-8-15(17)16(18)11-14)19-10-9-13-5-3-2-4-6-13/h2-8,11-12,19H,9-10H2,1H3. The molecule has 0 fully saturated rings. The van der Waals surface area contributed by atoms with Crippen LogP contribution in [0.15, 0.2) is 48.5 Å². The molecule has 0 aliphatic carbocycles. The molecule has 2 aromatic rings. The quantitative estimate of drug-likeness (QED) is 0.861. The summed E-state index contributed by atoms with van der Waals surface area (Å²) >= 11 is 0. The summed E-state index contributed by atoms with van der Waals surface area (Å²) < 4.78 is 26.0. The van der Waals surface area contributed by atoms with E-state index in [4.69, 9.17) is 0 Å². The zero-order chi connectivity index (χ0) is 13.7. The Kier molecular flexibility index (Phi) is 4.63. The van der Waals surface area contributed by atoms with Crippen LogP contribution in [-0.4, -0.2) is 6.54 Å². The molecule has 100 valence electrons. The van der Waals surface area contributed by atoms with Crippen LogP contribution in [0.1, 0.15) is 24.1 Å². The molecule has 2 rings (SSSR count). The van der Waals surface area contributed by atoms with E-state index in [2.05, 4.69) is 17.4 Å². The molecule has 0 bridgehead atoms. The fourth-order valence-electron chi connectivity index (χ4n) is 1.98. The van der Waals surface area contributed by atoms with Crippen LogP contribution in [0, 0.1) is 11.6 Å². The lowest BCUT2D eigenvalue weighted by Gasteiger charge is -2.14. The van der Waals surface area contributed by atoms with Crippen LogP contribution in [-0.2, 0) is 6.42 Å². The molecule has 2 aromatic carbocycles. The highest BCUT2D eigenvalue weighted by atomic mass is 19.2. The normalized spacial score (nSPS) is 12.4. The lowest BCUT2D eigenvalue weighted by atomic mass is 10.1. The predicted octanol–water partition coefficient (Wildman–Crippen LogP) is 3.86. The highest BCUT2D eigenvalue weighted by Gasteiger charge is 2.08. The van der Waals surface area contributed by atoms with Crippen LogP contribution in [0.3, 0.4) is 0 Å². The summed E-state index contributed by atoms with van der Waals surface area (Å²) in [5.41, 5.74) is 2.01. The summed E-state index contributed by atoms with van der Waals surface area (Å²) in [6.07, 6.45) is 0.912. The van der Waals surface area contributed by atoms with E-state index < -0.39 is 11.6 Å². The van der Waals surface area contributed by atoms with Crippen molar-refractivity contribution >= 4 is 0 Å². The van der Waals surface area contributed by atoms with Crippen LogP contribution in [0.25, 0.3) is 0 Å². The minimum atomic E-state index is -0.805. The van der Waals surface area contributed by atoms with Crippen molar-refractivity contribution < 1.29 is 8.78 Å². The summed E-state index contributed by atoms with van der Waals surface area (Å²) in [6, 6.07) is 14.2. The average Bonchev–Trinajstić information content (AvgIpc) is 2.43. The second kappa shape index (κ2) is 6.43. The molecule has 0 heterocycles. The van der Waals surface area contributed by atoms with E-state index in [9.17, 15) is 8.78 Å². The Morgan fingerprint density at radius 2 is 1.74 bits per heavy atom. The molecule has 0 radical (unpaired) electrons. The van der Waals surface area contributed by atoms with Crippen molar-refractivity contribution in [1.82, 2.24) is 5.32 Å². The van der Waals surface area contributed by atoms with Crippen LogP contribution < -0.4 is 5.32 Å². The molecular weight excluding hydrogens is 244 g/mol. The molecule has 19 heavy (non-hydrogen) atoms. The maximum Gasteiger partial charge on any atom is 0.159 e. The van der Waals surface area contributed by atoms with Gasteiger partial charge in [0.1, 0.15) is 0 Å². The van der Waals surface area contributed by atoms with Crippen LogP contribution in [0.4, 0.5) is 8.78 Å². The van der Waals surface area contributed by atoms with Gasteiger partial charge in [-0.15, -0.1) is 0 Å². The second-order valence-corrected chi connectivity index (χ2v) is 4.58. The van der Waals surface area contributed by atoms with Crippen LogP contribution >= 0.6 is 0 Å². The maximum atomic E-state index is 13.1. The van der Waals surface area contributed by atoms with Gasteiger partial charge in [0.25, 0.3) is 0 Å². The topological polar surface area (TPSA) is 12.0 Å². The Balaban J connectivity index is 1.87. The Bertz CT molecular complexity index is 526. The van der Waals surface area contributed by atoms with Crippen LogP contribution in [0.2, 0.25) is 0 Å². The summed E-state index contributed by atoms with van der Waals surface area (Å²) in [7, 11) is 0. The van der Waals surface area contributed by atoms with Gasteiger partial charge in [0, 0.05) is 6.04 Å². The molecule has 0 aliphatic heterocycles. The van der Waals surface area contributed by atoms with Gasteiger partial charge in [-0.25, -0.2) is 8.78 Å². The highest BCUT2D eigenvalue weighted by Crippen LogP contribution is 2.15. The Morgan fingerprint density at radius 3 is 2.42 bits per heavy atom. The predicted molar refractivity (Wildman–Crippen MR) is 72.9 cm³/mol. The highest BCUT2D eigenvalue weighted by molar-refractivity contribution is 5.21. The molecule has 1 atom stereocenters. The fourth-order valence-corrected chi connectivity index (χ4v) is 1.98. The first-order chi connectivity index (χ1) is 9.16. The molecule has 1 N–H and O–H groups in total. The largest absolute Gasteiger partial charge is 0.310 e. The SMILES string of the molecule is CC(NCCc1ccccc1)c1ccc(F)c(F)c1. The van der Waals surface area contributed by atoms with E-state index in [0.29, 0.717) is 0 Å². The van der Waals surface area contributed by atoms with Crippen molar-refractivity contribution in [3.63, 3.8) is 0 Å². The Hall–Kier alpha value is -1.74. The number of benzene rings is 2. The number of nitrogens with one attached hydrogen (secondary N) is 1. The molecule has 0 amide bonds. The van der Waals surface area contributed by atoms with Gasteiger partial charge < -0.3 is 5.32 Å². The van der Waals surface area contributed by atoms with Gasteiger partial charge in [0.05, 0.1) is 0 Å². The summed E-state index contributed by atoms with van der Waals surface area (Å²) in [4.78, 5) is 0. The third-order valence-electron chi connectivity index (χ3n) is 3.15. The number of hydrogen-bond donors (Lipinski definition) is 1. The van der Waals surface area contributed by atoms with Gasteiger partial charge in [0.2, 0.25) is 0 Å². The minimum Gasteiger partial charge on any atom is -0.310 e. The number of rotatable bonds is 5. The lowest BCUT2D eigenvalue weighted by molar-refractivity contribution is 0.501. The summed E-state index contributed by atoms with van der Waals surface area (Å²) in [5, 5.41) is 3.30. The number of halogens is 2. The van der Waals surface area contributed by atoms with Gasteiger partial charge >= 0.3 is 0 Å². The van der Waals surface area contributed by atoms with Gasteiger partial charge in [-0.3, -0.25) is 0 Å². The smallest absolute Gasteiger partial charge is 0.159 e. The summed E-state index contributed by atoms with van der Waals surface area (Å²) in [6.45, 7) is 2.74. The molecule has 0 saturated heterocycles. The maximum absolute atomic E-state index is 13.1. The molecule has 1 nitrogen and oxygen atoms in total. The second-order valence-electron chi connectivity index (χ2n) is 4.58. The van der Waals surface area contributed by atoms with Crippen molar-refractivity contribution in [3.05, 3.63) is 71.3 Å². The first-order valence-corrected chi connectivity index (χ1v) is 6.39. The zero-order valence-corrected chi connectivity index (χ0v) is 10.9. The zero-order valence-electron chi connectivity index (χ0n) is 10.9. The van der Waals surface area contributed by atoms with Crippen molar-refractivity contribution in [2.45, 2.75) is 19.4 Å². The van der Waals surface area contributed by atoms with E-state index in [-0.39, 0.29) is 6.04 Å². The molecule has 0 saturated carbocycles. The van der Waals surface area contributed by atoms with Gasteiger partial charge in [0.15, 0.2) is 11.6 Å². The third-order valence-corrected chi connectivity index (χ3v) is 3.15. The monoisotopic (exact) mass is 261 g/mol. The molecule has 0 aliphatic rings. The summed E-state index contributed by atoms with van der Waals surface area (Å²) in [5.74, 6) is -1.60. The van der Waals surface area contributed by atoms with Crippen molar-refractivity contribution in [2.24, 2.45) is 0 Å². The van der Waals surface area contributed by atoms with E-state index in [0.717, 1.165) is 18.5 Å². The van der Waals surface area contributed by atoms with E-state index in [1.807, 2.05) is 25.1 Å². The van der Waals surface area contributed by atoms with E-state index >= 15 is 0 Å². The van der Waals surface area contributed by atoms with Crippen LogP contribution in [0.5, 0.6) is 0 Å². The molecule has 0 aromatic heterocycles. The molecule has 0 spiro atoms. The van der Waals surface area contributed by atoms with Gasteiger partial charge in [-0.05, 0) is 43.1 Å². The van der Waals surface area contributed by atoms with E-state index in [1.54, 1.807) is 6.07 Å². The molecular formula is C16H17F2N. The Labute approximate surface area is 112 Å². The van der Waals surface area contributed by atoms with E-state index in [1.165, 1.54) is 17.7 Å². The van der Waals surface area contributed by atoms with Crippen molar-refractivity contribution in [1.29, 1.82) is 0 Å². The molecule has 3 heteroatoms. The number of hydrogen-bond acceptors (Lipinski definition) is 1. The molecule has 1 unspecified atom stereocenters. The Morgan fingerprint density at radius 1 is 1.00 bits per heavy atom. The lowest BCUT2D eigenvalue weighted by Crippen LogP contribution is -2.21. The van der Waals surface area contributed by atoms with Crippen molar-refractivity contribution in [3.8, 4) is 0 Å². The van der Waals surface area contributed by atoms with Gasteiger partial charge in [-0.2, -0.15) is 0 Å². The average molecular weight is 261 g/mol. The van der Waals surface area contributed by atoms with Gasteiger partial charge in [-0.1, -0.05) is 36.4 Å². The first-order valence-electron chi connectivity index (χ1n) is 6.39. The third kappa shape index (κ3) is 3.86. The minimum absolute atomic E-state index is 0.00110. The first kappa shape index (κ1) is 13.7. The fraction of sp³-hybridized carbons (Fsp3) is 0.250. The van der Waals surface area contributed by atoms with Crippen molar-refractivity contribution in [2.75, 3.05) is 6.54 Å².